The van der Waals surface area contributed by atoms with Crippen LogP contribution in [0, 0.1) is 0 Å². The minimum Gasteiger partial charge on any atom is -0.396 e. The second kappa shape index (κ2) is 5.10. The van der Waals surface area contributed by atoms with Gasteiger partial charge in [-0.1, -0.05) is 42.5 Å². The van der Waals surface area contributed by atoms with Gasteiger partial charge in [0.05, 0.1) is 5.69 Å². The number of fused-ring (bicyclic) bond motifs is 1. The Bertz CT molecular complexity index is 904. The van der Waals surface area contributed by atoms with Crippen LogP contribution in [0.4, 0.5) is 5.69 Å². The van der Waals surface area contributed by atoms with Crippen LogP contribution in [0.15, 0.2) is 71.6 Å². The van der Waals surface area contributed by atoms with Gasteiger partial charge in [0.15, 0.2) is 5.75 Å². The summed E-state index contributed by atoms with van der Waals surface area (Å²) in [5.41, 5.74) is 5.99. The van der Waals surface area contributed by atoms with Crippen LogP contribution in [0.2, 0.25) is 0 Å². The van der Waals surface area contributed by atoms with E-state index in [0.29, 0.717) is 0 Å². The van der Waals surface area contributed by atoms with Gasteiger partial charge in [-0.05, 0) is 35.0 Å². The molecule has 0 spiro atoms. The lowest BCUT2D eigenvalue weighted by molar-refractivity contribution is 0.487. The molecule has 0 amide bonds. The van der Waals surface area contributed by atoms with Crippen LogP contribution in [0.3, 0.4) is 0 Å². The lowest BCUT2D eigenvalue weighted by atomic mass is 10.1. The molecule has 4 nitrogen and oxygen atoms in total. The Morgan fingerprint density at radius 1 is 0.810 bits per heavy atom. The molecule has 3 rings (SSSR count). The fraction of sp³-hybridized carbons (Fsp3) is 0. The first-order valence-electron chi connectivity index (χ1n) is 6.34. The van der Waals surface area contributed by atoms with Crippen LogP contribution in [0.5, 0.6) is 5.75 Å². The Balaban J connectivity index is 2.02. The topological polar surface area (TPSA) is 69.4 Å². The second-order valence-electron chi connectivity index (χ2n) is 4.58. The highest BCUT2D eigenvalue weighted by Gasteiger charge is 2.18. The number of benzene rings is 3. The van der Waals surface area contributed by atoms with Gasteiger partial charge in [0.1, 0.15) is 4.90 Å². The number of hydrogen-bond acceptors (Lipinski definition) is 4. The molecule has 0 bridgehead atoms. The lowest BCUT2D eigenvalue weighted by Crippen LogP contribution is -2.10. The molecule has 0 fully saturated rings. The molecule has 3 aromatic carbocycles. The molecule has 0 heterocycles. The summed E-state index contributed by atoms with van der Waals surface area (Å²) in [6.07, 6.45) is 0. The Hall–Kier alpha value is -2.53. The van der Waals surface area contributed by atoms with E-state index in [1.165, 1.54) is 12.1 Å². The normalized spacial score (nSPS) is 11.4. The molecular weight excluding hydrogens is 286 g/mol. The minimum atomic E-state index is -3.91. The highest BCUT2D eigenvalue weighted by Crippen LogP contribution is 2.26. The Kier molecular flexibility index (Phi) is 3.27. The molecule has 0 aromatic heterocycles. The number of rotatable bonds is 3. The minimum absolute atomic E-state index is 0.101. The van der Waals surface area contributed by atoms with Gasteiger partial charge in [-0.3, -0.25) is 0 Å². The first-order chi connectivity index (χ1) is 10.1. The van der Waals surface area contributed by atoms with E-state index in [0.717, 1.165) is 10.8 Å². The van der Waals surface area contributed by atoms with Crippen molar-refractivity contribution >= 4 is 26.6 Å². The summed E-state index contributed by atoms with van der Waals surface area (Å²) in [6.45, 7) is 0. The fourth-order valence-electron chi connectivity index (χ4n) is 2.05. The standard InChI is InChI=1S/C16H13NO3S/c17-15-7-3-4-8-16(15)20-21(18,19)14-10-9-12-5-1-2-6-13(12)11-14/h1-11H,17H2. The van der Waals surface area contributed by atoms with Crippen LogP contribution >= 0.6 is 0 Å². The number of para-hydroxylation sites is 2. The SMILES string of the molecule is Nc1ccccc1OS(=O)(=O)c1ccc2ccccc2c1. The summed E-state index contributed by atoms with van der Waals surface area (Å²) in [4.78, 5) is 0.101. The van der Waals surface area contributed by atoms with Gasteiger partial charge in [0.2, 0.25) is 0 Å². The van der Waals surface area contributed by atoms with E-state index in [1.54, 1.807) is 30.3 Å². The average molecular weight is 299 g/mol. The van der Waals surface area contributed by atoms with Gasteiger partial charge in [-0.15, -0.1) is 0 Å². The summed E-state index contributed by atoms with van der Waals surface area (Å²) in [6, 6.07) is 18.9. The van der Waals surface area contributed by atoms with Crippen molar-refractivity contribution in [1.29, 1.82) is 0 Å². The van der Waals surface area contributed by atoms with E-state index in [-0.39, 0.29) is 16.3 Å². The molecule has 21 heavy (non-hydrogen) atoms. The van der Waals surface area contributed by atoms with Crippen molar-refractivity contribution in [2.45, 2.75) is 4.90 Å². The highest BCUT2D eigenvalue weighted by molar-refractivity contribution is 7.87. The molecule has 106 valence electrons. The maximum atomic E-state index is 12.3. The Labute approximate surface area is 122 Å². The smallest absolute Gasteiger partial charge is 0.339 e. The van der Waals surface area contributed by atoms with Crippen LogP contribution in [-0.4, -0.2) is 8.42 Å². The molecule has 3 aromatic rings. The summed E-state index contributed by atoms with van der Waals surface area (Å²) in [7, 11) is -3.91. The first-order valence-corrected chi connectivity index (χ1v) is 7.75. The third-order valence-electron chi connectivity index (χ3n) is 3.13. The van der Waals surface area contributed by atoms with Gasteiger partial charge in [0, 0.05) is 0 Å². The van der Waals surface area contributed by atoms with Crippen LogP contribution in [0.1, 0.15) is 0 Å². The third kappa shape index (κ3) is 2.68. The van der Waals surface area contributed by atoms with E-state index >= 15 is 0 Å². The van der Waals surface area contributed by atoms with E-state index in [9.17, 15) is 8.42 Å². The predicted molar refractivity (Wildman–Crippen MR) is 82.6 cm³/mol. The van der Waals surface area contributed by atoms with E-state index in [1.807, 2.05) is 24.3 Å². The summed E-state index contributed by atoms with van der Waals surface area (Å²) < 4.78 is 29.8. The van der Waals surface area contributed by atoms with E-state index in [4.69, 9.17) is 9.92 Å². The number of hydrogen-bond donors (Lipinski definition) is 1. The molecule has 0 radical (unpaired) electrons. The van der Waals surface area contributed by atoms with Crippen molar-refractivity contribution in [2.24, 2.45) is 0 Å². The van der Waals surface area contributed by atoms with Crippen molar-refractivity contribution < 1.29 is 12.6 Å². The fourth-order valence-corrected chi connectivity index (χ4v) is 3.04. The third-order valence-corrected chi connectivity index (χ3v) is 4.36. The lowest BCUT2D eigenvalue weighted by Gasteiger charge is -2.09. The molecular formula is C16H13NO3S. The Morgan fingerprint density at radius 2 is 1.48 bits per heavy atom. The van der Waals surface area contributed by atoms with Crippen molar-refractivity contribution in [1.82, 2.24) is 0 Å². The van der Waals surface area contributed by atoms with Crippen molar-refractivity contribution in [3.8, 4) is 5.75 Å². The van der Waals surface area contributed by atoms with Gasteiger partial charge in [-0.2, -0.15) is 8.42 Å². The second-order valence-corrected chi connectivity index (χ2v) is 6.13. The van der Waals surface area contributed by atoms with Crippen molar-refractivity contribution in [3.63, 3.8) is 0 Å². The molecule has 0 aliphatic heterocycles. The molecule has 0 aliphatic carbocycles. The van der Waals surface area contributed by atoms with Gasteiger partial charge in [0.25, 0.3) is 0 Å². The summed E-state index contributed by atoms with van der Waals surface area (Å²) >= 11 is 0. The zero-order valence-electron chi connectivity index (χ0n) is 11.1. The zero-order chi connectivity index (χ0) is 14.9. The number of nitrogens with two attached hydrogens (primary N) is 1. The molecule has 0 saturated heterocycles. The molecule has 0 atom stereocenters. The summed E-state index contributed by atoms with van der Waals surface area (Å²) in [5, 5.41) is 1.80. The Morgan fingerprint density at radius 3 is 2.24 bits per heavy atom. The van der Waals surface area contributed by atoms with Crippen molar-refractivity contribution in [3.05, 3.63) is 66.7 Å². The van der Waals surface area contributed by atoms with Crippen LogP contribution in [0.25, 0.3) is 10.8 Å². The van der Waals surface area contributed by atoms with Crippen molar-refractivity contribution in [2.75, 3.05) is 5.73 Å². The van der Waals surface area contributed by atoms with Crippen LogP contribution in [-0.2, 0) is 10.1 Å². The molecule has 0 saturated carbocycles. The van der Waals surface area contributed by atoms with Gasteiger partial charge in [-0.25, -0.2) is 0 Å². The molecule has 5 heteroatoms. The summed E-state index contributed by atoms with van der Waals surface area (Å²) in [5.74, 6) is 0.130. The van der Waals surface area contributed by atoms with Crippen LogP contribution < -0.4 is 9.92 Å². The largest absolute Gasteiger partial charge is 0.396 e. The van der Waals surface area contributed by atoms with Gasteiger partial charge < -0.3 is 9.92 Å². The quantitative estimate of drug-likeness (QED) is 0.595. The first kappa shape index (κ1) is 13.5. The van der Waals surface area contributed by atoms with E-state index < -0.39 is 10.1 Å². The van der Waals surface area contributed by atoms with E-state index in [2.05, 4.69) is 0 Å². The number of anilines is 1. The molecule has 0 aliphatic rings. The van der Waals surface area contributed by atoms with Gasteiger partial charge >= 0.3 is 10.1 Å². The zero-order valence-corrected chi connectivity index (χ0v) is 11.9. The molecule has 2 N–H and O–H groups in total. The monoisotopic (exact) mass is 299 g/mol. The maximum Gasteiger partial charge on any atom is 0.339 e. The molecule has 0 unspecified atom stereocenters. The maximum absolute atomic E-state index is 12.3. The number of nitrogen functional groups attached to an aromatic ring is 1. The average Bonchev–Trinajstić information content (AvgIpc) is 2.49. The highest BCUT2D eigenvalue weighted by atomic mass is 32.2. The predicted octanol–water partition coefficient (Wildman–Crippen LogP) is 3.19.